The number of aryl methyl sites for hydroxylation is 1. The van der Waals surface area contributed by atoms with Crippen LogP contribution in [0.1, 0.15) is 28.2 Å². The zero-order valence-electron chi connectivity index (χ0n) is 14.0. The molecule has 1 saturated heterocycles. The first-order valence-corrected chi connectivity index (χ1v) is 10.2. The van der Waals surface area contributed by atoms with Crippen LogP contribution in [0.4, 0.5) is 0 Å². The highest BCUT2D eigenvalue weighted by Gasteiger charge is 2.33. The minimum atomic E-state index is -3.41. The van der Waals surface area contributed by atoms with Crippen LogP contribution < -0.4 is 4.74 Å². The molecule has 0 unspecified atom stereocenters. The van der Waals surface area contributed by atoms with E-state index in [2.05, 4.69) is 9.59 Å². The Labute approximate surface area is 150 Å². The standard InChI is InChI=1S/C16H19N3O4S2/c1-11-15(24-18-17-11)16(20)19-9-7-14(8-10-19)25(21,22)13-5-3-12(23-2)4-6-13/h3-6,14H,7-10H2,1-2H3. The van der Waals surface area contributed by atoms with Crippen molar-refractivity contribution in [1.82, 2.24) is 14.5 Å². The molecule has 1 aromatic carbocycles. The van der Waals surface area contributed by atoms with Crippen molar-refractivity contribution in [2.75, 3.05) is 20.2 Å². The minimum absolute atomic E-state index is 0.118. The summed E-state index contributed by atoms with van der Waals surface area (Å²) < 4.78 is 34.4. The molecule has 1 aliphatic heterocycles. The van der Waals surface area contributed by atoms with E-state index in [9.17, 15) is 13.2 Å². The molecule has 9 heteroatoms. The molecule has 1 aromatic heterocycles. The van der Waals surface area contributed by atoms with Crippen LogP contribution in [-0.4, -0.2) is 54.3 Å². The van der Waals surface area contributed by atoms with Crippen molar-refractivity contribution in [3.63, 3.8) is 0 Å². The molecule has 7 nitrogen and oxygen atoms in total. The van der Waals surface area contributed by atoms with Crippen molar-refractivity contribution in [1.29, 1.82) is 0 Å². The fraction of sp³-hybridized carbons (Fsp3) is 0.438. The van der Waals surface area contributed by atoms with Gasteiger partial charge in [-0.05, 0) is 55.6 Å². The Balaban J connectivity index is 1.68. The number of carbonyl (C=O) groups is 1. The SMILES string of the molecule is COc1ccc(S(=O)(=O)C2CCN(C(=O)c3snnc3C)CC2)cc1. The number of methoxy groups -OCH3 is 1. The van der Waals surface area contributed by atoms with Crippen molar-refractivity contribution in [3.8, 4) is 5.75 Å². The molecule has 0 spiro atoms. The topological polar surface area (TPSA) is 89.5 Å². The van der Waals surface area contributed by atoms with Gasteiger partial charge >= 0.3 is 0 Å². The Kier molecular flexibility index (Phi) is 5.05. The van der Waals surface area contributed by atoms with Gasteiger partial charge in [-0.15, -0.1) is 5.10 Å². The first-order valence-electron chi connectivity index (χ1n) is 7.89. The van der Waals surface area contributed by atoms with Gasteiger partial charge in [-0.25, -0.2) is 8.42 Å². The molecule has 134 valence electrons. The largest absolute Gasteiger partial charge is 0.497 e. The zero-order chi connectivity index (χ0) is 18.0. The lowest BCUT2D eigenvalue weighted by molar-refractivity contribution is 0.0729. The number of ether oxygens (including phenoxy) is 1. The molecular weight excluding hydrogens is 362 g/mol. The Morgan fingerprint density at radius 2 is 1.88 bits per heavy atom. The van der Waals surface area contributed by atoms with E-state index in [0.29, 0.717) is 47.1 Å². The highest BCUT2D eigenvalue weighted by atomic mass is 32.2. The molecule has 1 fully saturated rings. The number of amides is 1. The number of nitrogens with zero attached hydrogens (tertiary/aromatic N) is 3. The maximum absolute atomic E-state index is 12.8. The Hall–Kier alpha value is -2.00. The van der Waals surface area contributed by atoms with Gasteiger partial charge in [0, 0.05) is 13.1 Å². The average Bonchev–Trinajstić information content (AvgIpc) is 3.07. The van der Waals surface area contributed by atoms with Crippen LogP contribution in [0.3, 0.4) is 0 Å². The summed E-state index contributed by atoms with van der Waals surface area (Å²) in [5.41, 5.74) is 0.614. The maximum Gasteiger partial charge on any atom is 0.267 e. The van der Waals surface area contributed by atoms with Crippen LogP contribution in [0.2, 0.25) is 0 Å². The van der Waals surface area contributed by atoms with Crippen molar-refractivity contribution in [2.45, 2.75) is 29.9 Å². The smallest absolute Gasteiger partial charge is 0.267 e. The van der Waals surface area contributed by atoms with Crippen LogP contribution in [0, 0.1) is 6.92 Å². The Morgan fingerprint density at radius 3 is 2.40 bits per heavy atom. The van der Waals surface area contributed by atoms with Crippen LogP contribution in [0.25, 0.3) is 0 Å². The third-order valence-electron chi connectivity index (χ3n) is 4.40. The first kappa shape index (κ1) is 17.8. The summed E-state index contributed by atoms with van der Waals surface area (Å²) in [7, 11) is -1.88. The predicted octanol–water partition coefficient (Wildman–Crippen LogP) is 1.93. The second-order valence-corrected chi connectivity index (χ2v) is 8.88. The summed E-state index contributed by atoms with van der Waals surface area (Å²) in [6, 6.07) is 6.42. The molecular formula is C16H19N3O4S2. The number of hydrogen-bond donors (Lipinski definition) is 0. The predicted molar refractivity (Wildman–Crippen MR) is 93.8 cm³/mol. The first-order chi connectivity index (χ1) is 11.9. The number of rotatable bonds is 4. The number of carbonyl (C=O) groups excluding carboxylic acids is 1. The van der Waals surface area contributed by atoms with Crippen molar-refractivity contribution in [3.05, 3.63) is 34.8 Å². The third kappa shape index (κ3) is 3.52. The van der Waals surface area contributed by atoms with E-state index in [-0.39, 0.29) is 5.91 Å². The fourth-order valence-electron chi connectivity index (χ4n) is 2.90. The maximum atomic E-state index is 12.8. The van der Waals surface area contributed by atoms with Gasteiger partial charge in [-0.2, -0.15) is 0 Å². The lowest BCUT2D eigenvalue weighted by atomic mass is 10.1. The molecule has 0 saturated carbocycles. The fourth-order valence-corrected chi connectivity index (χ4v) is 5.26. The van der Waals surface area contributed by atoms with Crippen molar-refractivity contribution < 1.29 is 17.9 Å². The van der Waals surface area contributed by atoms with Gasteiger partial charge in [-0.1, -0.05) is 4.49 Å². The van der Waals surface area contributed by atoms with Crippen LogP contribution in [0.5, 0.6) is 5.75 Å². The summed E-state index contributed by atoms with van der Waals surface area (Å²) in [6.45, 7) is 2.57. The molecule has 3 rings (SSSR count). The number of likely N-dealkylation sites (tertiary alicyclic amines) is 1. The Bertz CT molecular complexity index is 854. The van der Waals surface area contributed by atoms with E-state index < -0.39 is 15.1 Å². The molecule has 0 bridgehead atoms. The van der Waals surface area contributed by atoms with E-state index in [0.717, 1.165) is 11.5 Å². The van der Waals surface area contributed by atoms with Gasteiger partial charge in [0.25, 0.3) is 5.91 Å². The molecule has 1 aliphatic rings. The van der Waals surface area contributed by atoms with Crippen molar-refractivity contribution >= 4 is 27.3 Å². The third-order valence-corrected chi connectivity index (χ3v) is 7.50. The van der Waals surface area contributed by atoms with Crippen LogP contribution >= 0.6 is 11.5 Å². The van der Waals surface area contributed by atoms with Gasteiger partial charge in [0.05, 0.1) is 22.9 Å². The Morgan fingerprint density at radius 1 is 1.24 bits per heavy atom. The molecule has 2 aromatic rings. The molecule has 0 atom stereocenters. The highest BCUT2D eigenvalue weighted by molar-refractivity contribution is 7.92. The lowest BCUT2D eigenvalue weighted by Gasteiger charge is -2.31. The monoisotopic (exact) mass is 381 g/mol. The molecule has 0 radical (unpaired) electrons. The van der Waals surface area contributed by atoms with Gasteiger partial charge in [0.2, 0.25) is 0 Å². The molecule has 0 aliphatic carbocycles. The number of aromatic nitrogens is 2. The van der Waals surface area contributed by atoms with E-state index in [1.54, 1.807) is 36.1 Å². The van der Waals surface area contributed by atoms with E-state index in [1.165, 1.54) is 7.11 Å². The van der Waals surface area contributed by atoms with Gasteiger partial charge < -0.3 is 9.64 Å². The highest BCUT2D eigenvalue weighted by Crippen LogP contribution is 2.27. The summed E-state index contributed by atoms with van der Waals surface area (Å²) in [5, 5.41) is 3.37. The van der Waals surface area contributed by atoms with E-state index in [4.69, 9.17) is 4.74 Å². The molecule has 25 heavy (non-hydrogen) atoms. The van der Waals surface area contributed by atoms with Crippen LogP contribution in [-0.2, 0) is 9.84 Å². The van der Waals surface area contributed by atoms with E-state index >= 15 is 0 Å². The summed E-state index contributed by atoms with van der Waals surface area (Å²) in [5.74, 6) is 0.501. The molecule has 1 amide bonds. The summed E-state index contributed by atoms with van der Waals surface area (Å²) in [6.07, 6.45) is 0.844. The second-order valence-electron chi connectivity index (χ2n) is 5.90. The quantitative estimate of drug-likeness (QED) is 0.804. The van der Waals surface area contributed by atoms with Gasteiger partial charge in [0.1, 0.15) is 10.6 Å². The molecule has 0 N–H and O–H groups in total. The minimum Gasteiger partial charge on any atom is -0.497 e. The molecule has 2 heterocycles. The zero-order valence-corrected chi connectivity index (χ0v) is 15.6. The average molecular weight is 381 g/mol. The summed E-state index contributed by atoms with van der Waals surface area (Å²) in [4.78, 5) is 15.0. The van der Waals surface area contributed by atoms with E-state index in [1.807, 2.05) is 0 Å². The second kappa shape index (κ2) is 7.09. The summed E-state index contributed by atoms with van der Waals surface area (Å²) >= 11 is 1.08. The van der Waals surface area contributed by atoms with Crippen molar-refractivity contribution in [2.24, 2.45) is 0 Å². The normalized spacial score (nSPS) is 16.0. The van der Waals surface area contributed by atoms with Gasteiger partial charge in [0.15, 0.2) is 9.84 Å². The number of benzene rings is 1. The number of hydrogen-bond acceptors (Lipinski definition) is 7. The number of sulfone groups is 1. The number of piperidine rings is 1. The lowest BCUT2D eigenvalue weighted by Crippen LogP contribution is -2.42. The van der Waals surface area contributed by atoms with Crippen LogP contribution in [0.15, 0.2) is 29.2 Å². The van der Waals surface area contributed by atoms with Gasteiger partial charge in [-0.3, -0.25) is 4.79 Å².